The van der Waals surface area contributed by atoms with Gasteiger partial charge in [-0.1, -0.05) is 6.07 Å². The van der Waals surface area contributed by atoms with Crippen molar-refractivity contribution in [1.82, 2.24) is 0 Å². The Labute approximate surface area is 142 Å². The highest BCUT2D eigenvalue weighted by Crippen LogP contribution is 2.30. The van der Waals surface area contributed by atoms with Gasteiger partial charge in [-0.05, 0) is 49.7 Å². The molecule has 2 rings (SSSR count). The van der Waals surface area contributed by atoms with E-state index in [0.717, 1.165) is 5.56 Å². The molecule has 0 aromatic heterocycles. The average Bonchev–Trinajstić information content (AvgIpc) is 2.60. The molecule has 0 atom stereocenters. The van der Waals surface area contributed by atoms with Crippen LogP contribution in [-0.2, 0) is 0 Å². The number of ether oxygens (including phenoxy) is 4. The normalized spacial score (nSPS) is 10.2. The monoisotopic (exact) mass is 330 g/mol. The molecule has 0 N–H and O–H groups in total. The predicted octanol–water partition coefficient (Wildman–Crippen LogP) is 3.67. The van der Waals surface area contributed by atoms with Crippen molar-refractivity contribution in [3.8, 4) is 23.0 Å². The quantitative estimate of drug-likeness (QED) is 0.691. The number of hydrogen-bond donors (Lipinski definition) is 0. The molecule has 0 fully saturated rings. The van der Waals surface area contributed by atoms with Crippen molar-refractivity contribution in [3.05, 3.63) is 47.5 Å². The Morgan fingerprint density at radius 1 is 0.875 bits per heavy atom. The fourth-order valence-corrected chi connectivity index (χ4v) is 2.24. The smallest absolute Gasteiger partial charge is 0.200 e. The molecular formula is C19H22O5. The van der Waals surface area contributed by atoms with Crippen LogP contribution < -0.4 is 18.9 Å². The van der Waals surface area contributed by atoms with Crippen molar-refractivity contribution in [2.24, 2.45) is 0 Å². The van der Waals surface area contributed by atoms with Gasteiger partial charge in [0.05, 0.1) is 20.8 Å². The Balaban J connectivity index is 2.10. The summed E-state index contributed by atoms with van der Waals surface area (Å²) in [5, 5.41) is 0. The minimum absolute atomic E-state index is 0.0867. The molecule has 128 valence electrons. The Morgan fingerprint density at radius 3 is 2.17 bits per heavy atom. The molecule has 0 unspecified atom stereocenters. The number of benzene rings is 2. The van der Waals surface area contributed by atoms with Crippen LogP contribution in [0, 0.1) is 6.92 Å². The van der Waals surface area contributed by atoms with E-state index in [1.54, 1.807) is 38.5 Å². The summed E-state index contributed by atoms with van der Waals surface area (Å²) in [7, 11) is 3.11. The zero-order valence-corrected chi connectivity index (χ0v) is 14.4. The maximum absolute atomic E-state index is 12.4. The highest BCUT2D eigenvalue weighted by atomic mass is 16.5. The van der Waals surface area contributed by atoms with Crippen LogP contribution in [0.2, 0.25) is 0 Å². The second-order valence-corrected chi connectivity index (χ2v) is 5.16. The van der Waals surface area contributed by atoms with E-state index in [1.807, 2.05) is 26.0 Å². The molecule has 5 heteroatoms. The molecule has 24 heavy (non-hydrogen) atoms. The van der Waals surface area contributed by atoms with Crippen molar-refractivity contribution in [2.45, 2.75) is 13.8 Å². The number of rotatable bonds is 8. The minimum atomic E-state index is -0.154. The van der Waals surface area contributed by atoms with Crippen LogP contribution in [0.5, 0.6) is 23.0 Å². The first-order valence-corrected chi connectivity index (χ1v) is 7.70. The van der Waals surface area contributed by atoms with Gasteiger partial charge in [0.25, 0.3) is 0 Å². The van der Waals surface area contributed by atoms with Gasteiger partial charge in [-0.15, -0.1) is 0 Å². The Morgan fingerprint density at radius 2 is 1.50 bits per heavy atom. The first kappa shape index (κ1) is 17.7. The predicted molar refractivity (Wildman–Crippen MR) is 91.7 cm³/mol. The number of Topliss-reactive ketones (excluding diaryl/α,β-unsaturated/α-hetero) is 1. The molecule has 0 aliphatic carbocycles. The summed E-state index contributed by atoms with van der Waals surface area (Å²) < 4.78 is 21.6. The summed E-state index contributed by atoms with van der Waals surface area (Å²) >= 11 is 0. The van der Waals surface area contributed by atoms with E-state index in [1.165, 1.54) is 0 Å². The first-order chi connectivity index (χ1) is 11.6. The van der Waals surface area contributed by atoms with Gasteiger partial charge in [0.2, 0.25) is 0 Å². The maximum Gasteiger partial charge on any atom is 0.200 e. The van der Waals surface area contributed by atoms with E-state index in [4.69, 9.17) is 18.9 Å². The lowest BCUT2D eigenvalue weighted by atomic mass is 10.1. The number of methoxy groups -OCH3 is 2. The molecule has 5 nitrogen and oxygen atoms in total. The standard InChI is InChI=1S/C19H22O5/c1-5-23-16-9-7-14(11-19(16)22-4)15(20)12-24-17-8-6-13(2)10-18(17)21-3/h6-11H,5,12H2,1-4H3. The molecular weight excluding hydrogens is 308 g/mol. The highest BCUT2D eigenvalue weighted by Gasteiger charge is 2.13. The summed E-state index contributed by atoms with van der Waals surface area (Å²) in [5.74, 6) is 2.12. The lowest BCUT2D eigenvalue weighted by Crippen LogP contribution is -2.12. The molecule has 2 aromatic carbocycles. The van der Waals surface area contributed by atoms with Crippen LogP contribution in [0.4, 0.5) is 0 Å². The molecule has 2 aromatic rings. The van der Waals surface area contributed by atoms with Crippen molar-refractivity contribution < 1.29 is 23.7 Å². The van der Waals surface area contributed by atoms with Gasteiger partial charge < -0.3 is 18.9 Å². The minimum Gasteiger partial charge on any atom is -0.493 e. The molecule has 0 heterocycles. The second-order valence-electron chi connectivity index (χ2n) is 5.16. The van der Waals surface area contributed by atoms with Gasteiger partial charge in [-0.25, -0.2) is 0 Å². The summed E-state index contributed by atoms with van der Waals surface area (Å²) in [6.07, 6.45) is 0. The zero-order chi connectivity index (χ0) is 17.5. The Hall–Kier alpha value is -2.69. The van der Waals surface area contributed by atoms with E-state index in [9.17, 15) is 4.79 Å². The van der Waals surface area contributed by atoms with E-state index in [0.29, 0.717) is 35.2 Å². The molecule has 0 saturated carbocycles. The van der Waals surface area contributed by atoms with E-state index in [2.05, 4.69) is 0 Å². The van der Waals surface area contributed by atoms with Gasteiger partial charge in [0.15, 0.2) is 35.4 Å². The largest absolute Gasteiger partial charge is 0.493 e. The van der Waals surface area contributed by atoms with Crippen molar-refractivity contribution >= 4 is 5.78 Å². The summed E-state index contributed by atoms with van der Waals surface area (Å²) in [4.78, 5) is 12.4. The number of carbonyl (C=O) groups is 1. The third-order valence-electron chi connectivity index (χ3n) is 3.46. The third-order valence-corrected chi connectivity index (χ3v) is 3.46. The number of hydrogen-bond acceptors (Lipinski definition) is 5. The number of ketones is 1. The molecule has 0 radical (unpaired) electrons. The molecule has 0 amide bonds. The van der Waals surface area contributed by atoms with Gasteiger partial charge in [-0.3, -0.25) is 4.79 Å². The second kappa shape index (κ2) is 8.24. The molecule has 0 bridgehead atoms. The van der Waals surface area contributed by atoms with Crippen LogP contribution in [0.1, 0.15) is 22.8 Å². The number of aryl methyl sites for hydroxylation is 1. The number of carbonyl (C=O) groups excluding carboxylic acids is 1. The summed E-state index contributed by atoms with van der Waals surface area (Å²) in [6.45, 7) is 4.29. The van der Waals surface area contributed by atoms with Crippen LogP contribution >= 0.6 is 0 Å². The molecule has 0 aliphatic rings. The Bertz CT molecular complexity index is 709. The van der Waals surface area contributed by atoms with Crippen LogP contribution in [0.25, 0.3) is 0 Å². The van der Waals surface area contributed by atoms with Crippen molar-refractivity contribution in [3.63, 3.8) is 0 Å². The lowest BCUT2D eigenvalue weighted by molar-refractivity contribution is 0.0919. The van der Waals surface area contributed by atoms with Crippen molar-refractivity contribution in [2.75, 3.05) is 27.4 Å². The fourth-order valence-electron chi connectivity index (χ4n) is 2.24. The van der Waals surface area contributed by atoms with E-state index >= 15 is 0 Å². The van der Waals surface area contributed by atoms with E-state index in [-0.39, 0.29) is 12.4 Å². The van der Waals surface area contributed by atoms with Gasteiger partial charge in [-0.2, -0.15) is 0 Å². The average molecular weight is 330 g/mol. The molecule has 0 saturated heterocycles. The van der Waals surface area contributed by atoms with Gasteiger partial charge in [0, 0.05) is 5.56 Å². The van der Waals surface area contributed by atoms with E-state index < -0.39 is 0 Å². The van der Waals surface area contributed by atoms with Crippen LogP contribution in [0.15, 0.2) is 36.4 Å². The zero-order valence-electron chi connectivity index (χ0n) is 14.4. The highest BCUT2D eigenvalue weighted by molar-refractivity contribution is 5.97. The van der Waals surface area contributed by atoms with Crippen molar-refractivity contribution in [1.29, 1.82) is 0 Å². The fraction of sp³-hybridized carbons (Fsp3) is 0.316. The van der Waals surface area contributed by atoms with Gasteiger partial charge >= 0.3 is 0 Å². The third kappa shape index (κ3) is 4.19. The summed E-state index contributed by atoms with van der Waals surface area (Å²) in [6, 6.07) is 10.6. The maximum atomic E-state index is 12.4. The first-order valence-electron chi connectivity index (χ1n) is 7.70. The van der Waals surface area contributed by atoms with Crippen LogP contribution in [0.3, 0.4) is 0 Å². The SMILES string of the molecule is CCOc1ccc(C(=O)COc2ccc(C)cc2OC)cc1OC. The lowest BCUT2D eigenvalue weighted by Gasteiger charge is -2.12. The molecule has 0 aliphatic heterocycles. The molecule has 0 spiro atoms. The van der Waals surface area contributed by atoms with Gasteiger partial charge in [0.1, 0.15) is 0 Å². The topological polar surface area (TPSA) is 54.0 Å². The summed E-state index contributed by atoms with van der Waals surface area (Å²) in [5.41, 5.74) is 1.56. The van der Waals surface area contributed by atoms with Crippen LogP contribution in [-0.4, -0.2) is 33.2 Å². The Kier molecular flexibility index (Phi) is 6.07.